The third-order valence-electron chi connectivity index (χ3n) is 2.70. The maximum atomic E-state index is 12.7. The standard InChI is InChI=1S/C13H18F3N3O2/c1-12(2,7-21-3)18-11(20)9-6-8(13(14,15)16)4-5-10(9)19-17/h4-6,19H,7,17H2,1-3H3,(H,18,20). The number of carbonyl (C=O) groups is 1. The number of amides is 1. The van der Waals surface area contributed by atoms with E-state index in [-0.39, 0.29) is 17.9 Å². The molecule has 0 unspecified atom stereocenters. The lowest BCUT2D eigenvalue weighted by molar-refractivity contribution is -0.137. The van der Waals surface area contributed by atoms with E-state index in [1.54, 1.807) is 13.8 Å². The molecule has 1 aromatic rings. The maximum Gasteiger partial charge on any atom is 0.416 e. The first-order valence-corrected chi connectivity index (χ1v) is 6.10. The molecular formula is C13H18F3N3O2. The zero-order chi connectivity index (χ0) is 16.3. The molecule has 0 spiro atoms. The van der Waals surface area contributed by atoms with Gasteiger partial charge in [0, 0.05) is 7.11 Å². The SMILES string of the molecule is COCC(C)(C)NC(=O)c1cc(C(F)(F)F)ccc1NN. The second-order valence-corrected chi connectivity index (χ2v) is 5.17. The Balaban J connectivity index is 3.12. The summed E-state index contributed by atoms with van der Waals surface area (Å²) in [7, 11) is 1.46. The number of hydrazine groups is 1. The zero-order valence-corrected chi connectivity index (χ0v) is 12.0. The van der Waals surface area contributed by atoms with Gasteiger partial charge in [0.1, 0.15) is 0 Å². The van der Waals surface area contributed by atoms with Gasteiger partial charge in [-0.15, -0.1) is 0 Å². The molecule has 5 nitrogen and oxygen atoms in total. The van der Waals surface area contributed by atoms with Crippen molar-refractivity contribution in [3.63, 3.8) is 0 Å². The van der Waals surface area contributed by atoms with Crippen LogP contribution in [0.3, 0.4) is 0 Å². The molecule has 1 amide bonds. The minimum absolute atomic E-state index is 0.105. The van der Waals surface area contributed by atoms with Gasteiger partial charge in [0.05, 0.1) is 29.0 Å². The monoisotopic (exact) mass is 305 g/mol. The molecule has 0 saturated heterocycles. The highest BCUT2D eigenvalue weighted by Gasteiger charge is 2.32. The number of nitrogens with two attached hydrogens (primary N) is 1. The van der Waals surface area contributed by atoms with Crippen molar-refractivity contribution in [1.29, 1.82) is 0 Å². The van der Waals surface area contributed by atoms with Crippen LogP contribution >= 0.6 is 0 Å². The number of carbonyl (C=O) groups excluding carboxylic acids is 1. The van der Waals surface area contributed by atoms with Crippen LogP contribution in [0.25, 0.3) is 0 Å². The van der Waals surface area contributed by atoms with E-state index in [0.29, 0.717) is 0 Å². The number of hydrogen-bond acceptors (Lipinski definition) is 4. The van der Waals surface area contributed by atoms with Crippen molar-refractivity contribution < 1.29 is 22.7 Å². The van der Waals surface area contributed by atoms with Crippen LogP contribution in [0.4, 0.5) is 18.9 Å². The van der Waals surface area contributed by atoms with Gasteiger partial charge in [-0.05, 0) is 32.0 Å². The molecule has 21 heavy (non-hydrogen) atoms. The number of ether oxygens (including phenoxy) is 1. The number of alkyl halides is 3. The Kier molecular flexibility index (Phi) is 5.19. The summed E-state index contributed by atoms with van der Waals surface area (Å²) in [4.78, 5) is 12.2. The quantitative estimate of drug-likeness (QED) is 0.575. The van der Waals surface area contributed by atoms with Crippen molar-refractivity contribution in [2.75, 3.05) is 19.1 Å². The lowest BCUT2D eigenvalue weighted by Crippen LogP contribution is -2.47. The highest BCUT2D eigenvalue weighted by molar-refractivity contribution is 6.00. The van der Waals surface area contributed by atoms with Crippen LogP contribution in [0, 0.1) is 0 Å². The van der Waals surface area contributed by atoms with Gasteiger partial charge in [0.25, 0.3) is 5.91 Å². The number of rotatable bonds is 5. The van der Waals surface area contributed by atoms with Crippen LogP contribution in [-0.4, -0.2) is 25.2 Å². The van der Waals surface area contributed by atoms with E-state index in [1.807, 2.05) is 0 Å². The molecule has 0 bridgehead atoms. The first-order valence-electron chi connectivity index (χ1n) is 6.10. The fourth-order valence-corrected chi connectivity index (χ4v) is 1.81. The van der Waals surface area contributed by atoms with E-state index >= 15 is 0 Å². The molecule has 0 aliphatic carbocycles. The predicted octanol–water partition coefficient (Wildman–Crippen LogP) is 2.15. The van der Waals surface area contributed by atoms with Crippen molar-refractivity contribution in [3.8, 4) is 0 Å². The molecule has 0 fully saturated rings. The number of methoxy groups -OCH3 is 1. The highest BCUT2D eigenvalue weighted by Crippen LogP contribution is 2.31. The van der Waals surface area contributed by atoms with Gasteiger partial charge < -0.3 is 15.5 Å². The van der Waals surface area contributed by atoms with E-state index in [4.69, 9.17) is 10.6 Å². The molecule has 4 N–H and O–H groups in total. The summed E-state index contributed by atoms with van der Waals surface area (Å²) in [5, 5.41) is 2.60. The third kappa shape index (κ3) is 4.61. The smallest absolute Gasteiger partial charge is 0.382 e. The van der Waals surface area contributed by atoms with Crippen LogP contribution < -0.4 is 16.6 Å². The van der Waals surface area contributed by atoms with Crippen molar-refractivity contribution in [3.05, 3.63) is 29.3 Å². The predicted molar refractivity (Wildman–Crippen MR) is 72.7 cm³/mol. The summed E-state index contributed by atoms with van der Waals surface area (Å²) in [6.45, 7) is 3.60. The van der Waals surface area contributed by atoms with Gasteiger partial charge >= 0.3 is 6.18 Å². The molecule has 0 atom stereocenters. The molecule has 8 heteroatoms. The Morgan fingerprint density at radius 3 is 2.43 bits per heavy atom. The summed E-state index contributed by atoms with van der Waals surface area (Å²) in [5.41, 5.74) is 0.485. The minimum Gasteiger partial charge on any atom is -0.382 e. The average molecular weight is 305 g/mol. The van der Waals surface area contributed by atoms with E-state index < -0.39 is 23.2 Å². The van der Waals surface area contributed by atoms with E-state index in [1.165, 1.54) is 7.11 Å². The van der Waals surface area contributed by atoms with Crippen LogP contribution in [0.2, 0.25) is 0 Å². The van der Waals surface area contributed by atoms with Gasteiger partial charge in [0.15, 0.2) is 0 Å². The van der Waals surface area contributed by atoms with Crippen molar-refractivity contribution in [2.45, 2.75) is 25.6 Å². The van der Waals surface area contributed by atoms with Gasteiger partial charge in [-0.3, -0.25) is 10.6 Å². The first kappa shape index (κ1) is 17.3. The van der Waals surface area contributed by atoms with Crippen molar-refractivity contribution >= 4 is 11.6 Å². The topological polar surface area (TPSA) is 76.4 Å². The fraction of sp³-hybridized carbons (Fsp3) is 0.462. The molecule has 0 aliphatic heterocycles. The van der Waals surface area contributed by atoms with Crippen molar-refractivity contribution in [1.82, 2.24) is 5.32 Å². The zero-order valence-electron chi connectivity index (χ0n) is 12.0. The molecule has 0 aromatic heterocycles. The minimum atomic E-state index is -4.54. The van der Waals surface area contributed by atoms with Crippen molar-refractivity contribution in [2.24, 2.45) is 5.84 Å². The van der Waals surface area contributed by atoms with Gasteiger partial charge in [-0.2, -0.15) is 13.2 Å². The van der Waals surface area contributed by atoms with Crippen LogP contribution in [0.5, 0.6) is 0 Å². The summed E-state index contributed by atoms with van der Waals surface area (Å²) >= 11 is 0. The molecule has 118 valence electrons. The number of nitrogens with one attached hydrogen (secondary N) is 2. The van der Waals surface area contributed by atoms with Crippen LogP contribution in [0.1, 0.15) is 29.8 Å². The number of nitrogen functional groups attached to an aromatic ring is 1. The second kappa shape index (κ2) is 6.31. The van der Waals surface area contributed by atoms with Gasteiger partial charge in [-0.25, -0.2) is 0 Å². The first-order chi connectivity index (χ1) is 9.60. The molecule has 0 aliphatic rings. The number of halogens is 3. The second-order valence-electron chi connectivity index (χ2n) is 5.17. The molecule has 0 saturated carbocycles. The van der Waals surface area contributed by atoms with E-state index in [2.05, 4.69) is 10.7 Å². The summed E-state index contributed by atoms with van der Waals surface area (Å²) in [5.74, 6) is 4.56. The van der Waals surface area contributed by atoms with Crippen LogP contribution in [0.15, 0.2) is 18.2 Å². The largest absolute Gasteiger partial charge is 0.416 e. The van der Waals surface area contributed by atoms with Crippen LogP contribution in [-0.2, 0) is 10.9 Å². The van der Waals surface area contributed by atoms with E-state index in [9.17, 15) is 18.0 Å². The summed E-state index contributed by atoms with van der Waals surface area (Å²) < 4.78 is 43.1. The Morgan fingerprint density at radius 2 is 1.95 bits per heavy atom. The Hall–Kier alpha value is -1.80. The van der Waals surface area contributed by atoms with Gasteiger partial charge in [0.2, 0.25) is 0 Å². The number of hydrogen-bond donors (Lipinski definition) is 3. The highest BCUT2D eigenvalue weighted by atomic mass is 19.4. The molecule has 1 aromatic carbocycles. The lowest BCUT2D eigenvalue weighted by atomic mass is 10.0. The third-order valence-corrected chi connectivity index (χ3v) is 2.70. The molecular weight excluding hydrogens is 287 g/mol. The molecule has 0 radical (unpaired) electrons. The maximum absolute atomic E-state index is 12.7. The molecule has 1 rings (SSSR count). The summed E-state index contributed by atoms with van der Waals surface area (Å²) in [6, 6.07) is 2.72. The lowest BCUT2D eigenvalue weighted by Gasteiger charge is -2.26. The normalized spacial score (nSPS) is 12.1. The average Bonchev–Trinajstić information content (AvgIpc) is 2.36. The van der Waals surface area contributed by atoms with Gasteiger partial charge in [-0.1, -0.05) is 0 Å². The Morgan fingerprint density at radius 1 is 1.33 bits per heavy atom. The number of anilines is 1. The summed E-state index contributed by atoms with van der Waals surface area (Å²) in [6.07, 6.45) is -4.54. The fourth-order valence-electron chi connectivity index (χ4n) is 1.81. The van der Waals surface area contributed by atoms with E-state index in [0.717, 1.165) is 18.2 Å². The Bertz CT molecular complexity index is 516. The Labute approximate surface area is 120 Å². The molecule has 0 heterocycles. The number of benzene rings is 1.